The van der Waals surface area contributed by atoms with E-state index in [0.29, 0.717) is 22.7 Å². The largest absolute Gasteiger partial charge is 0.350 e. The van der Waals surface area contributed by atoms with E-state index in [4.69, 9.17) is 11.6 Å². The SMILES string of the molecule is Cc1ccc(Cl)cc1N(CC(=O)N(CCc1ccccc1)[C@H](C)C(=O)NC(C)(C)C)S(C)(=O)=O. The highest BCUT2D eigenvalue weighted by molar-refractivity contribution is 7.92. The number of aryl methyl sites for hydroxylation is 1. The zero-order valence-electron chi connectivity index (χ0n) is 20.6. The molecule has 0 saturated carbocycles. The molecule has 1 N–H and O–H groups in total. The molecule has 0 fully saturated rings. The summed E-state index contributed by atoms with van der Waals surface area (Å²) < 4.78 is 26.4. The van der Waals surface area contributed by atoms with Gasteiger partial charge in [0.25, 0.3) is 0 Å². The average molecular weight is 508 g/mol. The third kappa shape index (κ3) is 8.02. The maximum atomic E-state index is 13.5. The van der Waals surface area contributed by atoms with Gasteiger partial charge >= 0.3 is 0 Å². The van der Waals surface area contributed by atoms with Gasteiger partial charge in [0.15, 0.2) is 0 Å². The van der Waals surface area contributed by atoms with Crippen LogP contribution in [0.4, 0.5) is 5.69 Å². The maximum Gasteiger partial charge on any atom is 0.244 e. The monoisotopic (exact) mass is 507 g/mol. The van der Waals surface area contributed by atoms with E-state index in [1.165, 1.54) is 11.0 Å². The predicted molar refractivity (Wildman–Crippen MR) is 138 cm³/mol. The Morgan fingerprint density at radius 3 is 2.26 bits per heavy atom. The second-order valence-electron chi connectivity index (χ2n) is 9.44. The number of carbonyl (C=O) groups is 2. The van der Waals surface area contributed by atoms with Gasteiger partial charge in [0, 0.05) is 17.1 Å². The molecule has 0 unspecified atom stereocenters. The molecule has 0 saturated heterocycles. The van der Waals surface area contributed by atoms with Gasteiger partial charge in [-0.3, -0.25) is 13.9 Å². The van der Waals surface area contributed by atoms with E-state index in [1.807, 2.05) is 51.1 Å². The van der Waals surface area contributed by atoms with E-state index in [0.717, 1.165) is 16.1 Å². The lowest BCUT2D eigenvalue weighted by Gasteiger charge is -2.33. The van der Waals surface area contributed by atoms with Crippen molar-refractivity contribution in [2.24, 2.45) is 0 Å². The zero-order chi connectivity index (χ0) is 25.7. The van der Waals surface area contributed by atoms with Crippen LogP contribution in [0.5, 0.6) is 0 Å². The number of amides is 2. The fourth-order valence-corrected chi connectivity index (χ4v) is 4.56. The van der Waals surface area contributed by atoms with E-state index in [2.05, 4.69) is 5.32 Å². The van der Waals surface area contributed by atoms with E-state index < -0.39 is 34.1 Å². The molecule has 1 atom stereocenters. The van der Waals surface area contributed by atoms with Crippen molar-refractivity contribution in [2.45, 2.75) is 52.6 Å². The van der Waals surface area contributed by atoms with Crippen molar-refractivity contribution in [3.05, 3.63) is 64.7 Å². The molecule has 0 aliphatic heterocycles. The van der Waals surface area contributed by atoms with Crippen LogP contribution in [0.25, 0.3) is 0 Å². The van der Waals surface area contributed by atoms with Crippen molar-refractivity contribution in [3.63, 3.8) is 0 Å². The van der Waals surface area contributed by atoms with Gasteiger partial charge in [-0.25, -0.2) is 8.42 Å². The lowest BCUT2D eigenvalue weighted by Crippen LogP contribution is -2.55. The lowest BCUT2D eigenvalue weighted by molar-refractivity contribution is -0.139. The molecule has 34 heavy (non-hydrogen) atoms. The summed E-state index contributed by atoms with van der Waals surface area (Å²) in [6.07, 6.45) is 1.57. The molecule has 2 aromatic carbocycles. The molecule has 9 heteroatoms. The second kappa shape index (κ2) is 11.2. The normalized spacial score (nSPS) is 12.7. The van der Waals surface area contributed by atoms with Crippen LogP contribution in [0.2, 0.25) is 5.02 Å². The first-order chi connectivity index (χ1) is 15.7. The van der Waals surface area contributed by atoms with Crippen LogP contribution in [0, 0.1) is 6.92 Å². The van der Waals surface area contributed by atoms with Gasteiger partial charge in [-0.15, -0.1) is 0 Å². The number of hydrogen-bond donors (Lipinski definition) is 1. The van der Waals surface area contributed by atoms with Crippen LogP contribution >= 0.6 is 11.6 Å². The van der Waals surface area contributed by atoms with Crippen LogP contribution in [0.1, 0.15) is 38.8 Å². The van der Waals surface area contributed by atoms with Gasteiger partial charge in [0.2, 0.25) is 21.8 Å². The van der Waals surface area contributed by atoms with Crippen molar-refractivity contribution < 1.29 is 18.0 Å². The molecule has 2 rings (SSSR count). The summed E-state index contributed by atoms with van der Waals surface area (Å²) in [6, 6.07) is 13.7. The van der Waals surface area contributed by atoms with Crippen molar-refractivity contribution in [1.29, 1.82) is 0 Å². The summed E-state index contributed by atoms with van der Waals surface area (Å²) in [5, 5.41) is 3.26. The molecule has 186 valence electrons. The first-order valence-corrected chi connectivity index (χ1v) is 13.3. The summed E-state index contributed by atoms with van der Waals surface area (Å²) in [4.78, 5) is 27.9. The fraction of sp³-hybridized carbons (Fsp3) is 0.440. The van der Waals surface area contributed by atoms with Crippen molar-refractivity contribution in [1.82, 2.24) is 10.2 Å². The van der Waals surface area contributed by atoms with E-state index >= 15 is 0 Å². The van der Waals surface area contributed by atoms with Crippen LogP contribution in [0.3, 0.4) is 0 Å². The Kier molecular flexibility index (Phi) is 9.14. The molecular formula is C25H34ClN3O4S. The van der Waals surface area contributed by atoms with Crippen LogP contribution in [0.15, 0.2) is 48.5 Å². The molecule has 2 amide bonds. The zero-order valence-corrected chi connectivity index (χ0v) is 22.2. The summed E-state index contributed by atoms with van der Waals surface area (Å²) in [5.41, 5.74) is 1.53. The number of sulfonamides is 1. The minimum Gasteiger partial charge on any atom is -0.350 e. The Bertz CT molecular complexity index is 1110. The van der Waals surface area contributed by atoms with Gasteiger partial charge in [0.1, 0.15) is 12.6 Å². The van der Waals surface area contributed by atoms with Crippen LogP contribution in [-0.4, -0.2) is 56.1 Å². The van der Waals surface area contributed by atoms with Gasteiger partial charge in [0.05, 0.1) is 11.9 Å². The number of rotatable bonds is 9. The lowest BCUT2D eigenvalue weighted by atomic mass is 10.1. The van der Waals surface area contributed by atoms with Gasteiger partial charge < -0.3 is 10.2 Å². The van der Waals surface area contributed by atoms with Crippen LogP contribution in [-0.2, 0) is 26.0 Å². The number of anilines is 1. The van der Waals surface area contributed by atoms with E-state index in [9.17, 15) is 18.0 Å². The quantitative estimate of drug-likeness (QED) is 0.559. The van der Waals surface area contributed by atoms with E-state index in [-0.39, 0.29) is 12.5 Å². The predicted octanol–water partition coefficient (Wildman–Crippen LogP) is 3.79. The van der Waals surface area contributed by atoms with Crippen molar-refractivity contribution in [2.75, 3.05) is 23.7 Å². The molecule has 0 bridgehead atoms. The first kappa shape index (κ1) is 27.7. The number of nitrogens with zero attached hydrogens (tertiary/aromatic N) is 2. The minimum absolute atomic E-state index is 0.258. The minimum atomic E-state index is -3.80. The smallest absolute Gasteiger partial charge is 0.244 e. The molecule has 2 aromatic rings. The van der Waals surface area contributed by atoms with E-state index in [1.54, 1.807) is 26.0 Å². The third-order valence-electron chi connectivity index (χ3n) is 5.27. The molecule has 0 radical (unpaired) electrons. The Hall–Kier alpha value is -2.58. The van der Waals surface area contributed by atoms with Crippen molar-refractivity contribution >= 4 is 39.1 Å². The molecule has 0 heterocycles. The summed E-state index contributed by atoms with van der Waals surface area (Å²) in [5.74, 6) is -0.781. The Labute approximate surface area is 208 Å². The van der Waals surface area contributed by atoms with Gasteiger partial charge in [-0.1, -0.05) is 48.0 Å². The highest BCUT2D eigenvalue weighted by Gasteiger charge is 2.31. The number of benzene rings is 2. The van der Waals surface area contributed by atoms with Gasteiger partial charge in [-0.2, -0.15) is 0 Å². The Morgan fingerprint density at radius 1 is 1.09 bits per heavy atom. The highest BCUT2D eigenvalue weighted by Crippen LogP contribution is 2.26. The number of carbonyl (C=O) groups excluding carboxylic acids is 2. The Morgan fingerprint density at radius 2 is 1.71 bits per heavy atom. The molecule has 0 aromatic heterocycles. The highest BCUT2D eigenvalue weighted by atomic mass is 35.5. The topological polar surface area (TPSA) is 86.8 Å². The Balaban J connectivity index is 2.37. The number of halogens is 1. The third-order valence-corrected chi connectivity index (χ3v) is 6.63. The maximum absolute atomic E-state index is 13.5. The van der Waals surface area contributed by atoms with Crippen molar-refractivity contribution in [3.8, 4) is 0 Å². The average Bonchev–Trinajstić information content (AvgIpc) is 2.72. The van der Waals surface area contributed by atoms with Gasteiger partial charge in [-0.05, 0) is 64.3 Å². The number of hydrogen-bond acceptors (Lipinski definition) is 4. The second-order valence-corrected chi connectivity index (χ2v) is 11.8. The molecule has 7 nitrogen and oxygen atoms in total. The molecular weight excluding hydrogens is 474 g/mol. The first-order valence-electron chi connectivity index (χ1n) is 11.1. The van der Waals surface area contributed by atoms with Crippen LogP contribution < -0.4 is 9.62 Å². The molecule has 0 aliphatic rings. The molecule has 0 spiro atoms. The number of nitrogens with one attached hydrogen (secondary N) is 1. The summed E-state index contributed by atoms with van der Waals surface area (Å²) >= 11 is 6.11. The molecule has 0 aliphatic carbocycles. The fourth-order valence-electron chi connectivity index (χ4n) is 3.49. The summed E-state index contributed by atoms with van der Waals surface area (Å²) in [7, 11) is -3.80. The summed E-state index contributed by atoms with van der Waals surface area (Å²) in [6.45, 7) is 8.80. The standard InChI is InChI=1S/C25H34ClN3O4S/c1-18-12-13-21(26)16-22(18)29(34(6,32)33)17-23(30)28(15-14-20-10-8-7-9-11-20)19(2)24(31)27-25(3,4)5/h7-13,16,19H,14-15,17H2,1-6H3,(H,27,31)/t19-/m1/s1.